The molecule has 5 atom stereocenters. The summed E-state index contributed by atoms with van der Waals surface area (Å²) >= 11 is 0. The lowest BCUT2D eigenvalue weighted by atomic mass is 9.57. The lowest BCUT2D eigenvalue weighted by molar-refractivity contribution is -0.229. The molecule has 1 saturated heterocycles. The Hall–Kier alpha value is -0.380. The van der Waals surface area contributed by atoms with Crippen LogP contribution in [-0.4, -0.2) is 29.7 Å². The van der Waals surface area contributed by atoms with E-state index in [9.17, 15) is 5.11 Å². The SMILES string of the molecule is CC(C)[C@H]1CC2(OCCO2)[C@H]2[C@]1(C)C[C@@H]1C3=C(CCCC3)[C@@]12O. The smallest absolute Gasteiger partial charge is 0.175 e. The number of hydrogen-bond acceptors (Lipinski definition) is 3. The van der Waals surface area contributed by atoms with Crippen molar-refractivity contribution in [1.82, 2.24) is 0 Å². The van der Waals surface area contributed by atoms with Crippen LogP contribution in [0.5, 0.6) is 0 Å². The van der Waals surface area contributed by atoms with Crippen LogP contribution in [0.1, 0.15) is 59.3 Å². The molecule has 3 fully saturated rings. The van der Waals surface area contributed by atoms with Crippen molar-refractivity contribution in [3.63, 3.8) is 0 Å². The van der Waals surface area contributed by atoms with Gasteiger partial charge in [0.15, 0.2) is 5.79 Å². The van der Waals surface area contributed by atoms with E-state index in [1.807, 2.05) is 0 Å². The molecule has 2 saturated carbocycles. The third-order valence-corrected chi connectivity index (χ3v) is 8.06. The van der Waals surface area contributed by atoms with Crippen molar-refractivity contribution in [3.05, 3.63) is 11.1 Å². The van der Waals surface area contributed by atoms with E-state index in [4.69, 9.17) is 9.47 Å². The van der Waals surface area contributed by atoms with Crippen LogP contribution in [0.25, 0.3) is 0 Å². The predicted octanol–water partition coefficient (Wildman–Crippen LogP) is 3.66. The molecule has 128 valence electrons. The van der Waals surface area contributed by atoms with Crippen LogP contribution in [0.2, 0.25) is 0 Å². The summed E-state index contributed by atoms with van der Waals surface area (Å²) < 4.78 is 12.5. The number of ether oxygens (including phenoxy) is 2. The maximum absolute atomic E-state index is 11.9. The highest BCUT2D eigenvalue weighted by Crippen LogP contribution is 2.76. The number of hydrogen-bond donors (Lipinski definition) is 1. The van der Waals surface area contributed by atoms with Gasteiger partial charge in [-0.15, -0.1) is 0 Å². The Morgan fingerprint density at radius 1 is 1.09 bits per heavy atom. The zero-order chi connectivity index (χ0) is 16.0. The van der Waals surface area contributed by atoms with Gasteiger partial charge in [0.1, 0.15) is 5.60 Å². The van der Waals surface area contributed by atoms with Gasteiger partial charge in [-0.25, -0.2) is 0 Å². The van der Waals surface area contributed by atoms with Gasteiger partial charge >= 0.3 is 0 Å². The topological polar surface area (TPSA) is 38.7 Å². The Bertz CT molecular complexity index is 573. The molecule has 1 heterocycles. The summed E-state index contributed by atoms with van der Waals surface area (Å²) in [6.45, 7) is 8.46. The predicted molar refractivity (Wildman–Crippen MR) is 87.7 cm³/mol. The highest BCUT2D eigenvalue weighted by molar-refractivity contribution is 5.48. The minimum Gasteiger partial charge on any atom is -0.384 e. The van der Waals surface area contributed by atoms with Crippen molar-refractivity contribution in [1.29, 1.82) is 0 Å². The molecule has 1 spiro atoms. The van der Waals surface area contributed by atoms with Gasteiger partial charge in [0.2, 0.25) is 0 Å². The number of rotatable bonds is 1. The molecular weight excluding hydrogens is 288 g/mol. The molecule has 0 bridgehead atoms. The molecule has 0 unspecified atom stereocenters. The fraction of sp³-hybridized carbons (Fsp3) is 0.900. The molecule has 3 heteroatoms. The molecule has 0 amide bonds. The van der Waals surface area contributed by atoms with E-state index in [1.165, 1.54) is 24.8 Å². The quantitative estimate of drug-likeness (QED) is 0.750. The largest absolute Gasteiger partial charge is 0.384 e. The number of fused-ring (bicyclic) bond motifs is 6. The average molecular weight is 318 g/mol. The molecule has 23 heavy (non-hydrogen) atoms. The molecule has 1 aliphatic heterocycles. The van der Waals surface area contributed by atoms with Crippen molar-refractivity contribution in [2.75, 3.05) is 13.2 Å². The molecule has 1 N–H and O–H groups in total. The molecule has 4 aliphatic carbocycles. The maximum atomic E-state index is 11.9. The van der Waals surface area contributed by atoms with Crippen LogP contribution in [0.4, 0.5) is 0 Å². The van der Waals surface area contributed by atoms with E-state index >= 15 is 0 Å². The molecule has 0 radical (unpaired) electrons. The normalized spacial score (nSPS) is 50.2. The van der Waals surface area contributed by atoms with Crippen LogP contribution in [0, 0.1) is 29.1 Å². The minimum atomic E-state index is -0.640. The maximum Gasteiger partial charge on any atom is 0.175 e. The van der Waals surface area contributed by atoms with Gasteiger partial charge in [-0.1, -0.05) is 26.3 Å². The van der Waals surface area contributed by atoms with Crippen molar-refractivity contribution >= 4 is 0 Å². The number of aliphatic hydroxyl groups is 1. The van der Waals surface area contributed by atoms with Crippen molar-refractivity contribution in [2.24, 2.45) is 29.1 Å². The Morgan fingerprint density at radius 3 is 2.48 bits per heavy atom. The average Bonchev–Trinajstić information content (AvgIpc) is 3.14. The van der Waals surface area contributed by atoms with Gasteiger partial charge in [-0.2, -0.15) is 0 Å². The fourth-order valence-electron chi connectivity index (χ4n) is 7.50. The molecule has 0 aromatic carbocycles. The lowest BCUT2D eigenvalue weighted by Gasteiger charge is -2.53. The summed E-state index contributed by atoms with van der Waals surface area (Å²) in [6, 6.07) is 0. The zero-order valence-electron chi connectivity index (χ0n) is 14.7. The first-order valence-electron chi connectivity index (χ1n) is 9.66. The summed E-state index contributed by atoms with van der Waals surface area (Å²) in [6.07, 6.45) is 6.94. The standard InChI is InChI=1S/C20H30O3/c1-12(2)15-11-19(22-8-9-23-19)17-18(15,3)10-16-13-6-4-5-7-14(13)20(16,17)21/h12,15-17,21H,4-11H2,1-3H3/t15-,16-,17-,18-,20-/m1/s1. The van der Waals surface area contributed by atoms with Crippen LogP contribution in [-0.2, 0) is 9.47 Å². The van der Waals surface area contributed by atoms with E-state index in [0.29, 0.717) is 31.0 Å². The monoisotopic (exact) mass is 318 g/mol. The van der Waals surface area contributed by atoms with E-state index < -0.39 is 11.4 Å². The van der Waals surface area contributed by atoms with Gasteiger partial charge in [-0.05, 0) is 54.9 Å². The van der Waals surface area contributed by atoms with Gasteiger partial charge < -0.3 is 14.6 Å². The summed E-state index contributed by atoms with van der Waals surface area (Å²) in [5.41, 5.74) is 2.48. The van der Waals surface area contributed by atoms with Gasteiger partial charge in [0.25, 0.3) is 0 Å². The molecule has 5 rings (SSSR count). The Balaban J connectivity index is 1.64. The first-order chi connectivity index (χ1) is 10.9. The lowest BCUT2D eigenvalue weighted by Crippen LogP contribution is -2.58. The van der Waals surface area contributed by atoms with Crippen LogP contribution < -0.4 is 0 Å². The third-order valence-electron chi connectivity index (χ3n) is 8.06. The Labute approximate surface area is 139 Å². The molecule has 5 aliphatic rings. The molecule has 0 aromatic rings. The third kappa shape index (κ3) is 1.54. The van der Waals surface area contributed by atoms with Crippen LogP contribution in [0.3, 0.4) is 0 Å². The van der Waals surface area contributed by atoms with Gasteiger partial charge in [0, 0.05) is 12.3 Å². The zero-order valence-corrected chi connectivity index (χ0v) is 14.7. The van der Waals surface area contributed by atoms with E-state index in [-0.39, 0.29) is 11.3 Å². The van der Waals surface area contributed by atoms with Gasteiger partial charge in [0.05, 0.1) is 19.1 Å². The Morgan fingerprint density at radius 2 is 1.78 bits per heavy atom. The summed E-state index contributed by atoms with van der Waals surface area (Å²) in [7, 11) is 0. The van der Waals surface area contributed by atoms with E-state index in [0.717, 1.165) is 19.3 Å². The van der Waals surface area contributed by atoms with Crippen molar-refractivity contribution in [2.45, 2.75) is 70.7 Å². The summed E-state index contributed by atoms with van der Waals surface area (Å²) in [4.78, 5) is 0. The van der Waals surface area contributed by atoms with Gasteiger partial charge in [-0.3, -0.25) is 0 Å². The fourth-order valence-corrected chi connectivity index (χ4v) is 7.50. The summed E-state index contributed by atoms with van der Waals surface area (Å²) in [5, 5.41) is 11.9. The first kappa shape index (κ1) is 14.9. The molecule has 3 nitrogen and oxygen atoms in total. The van der Waals surface area contributed by atoms with Crippen molar-refractivity contribution in [3.8, 4) is 0 Å². The molecular formula is C20H30O3. The van der Waals surface area contributed by atoms with Crippen LogP contribution >= 0.6 is 0 Å². The first-order valence-corrected chi connectivity index (χ1v) is 9.66. The van der Waals surface area contributed by atoms with Crippen LogP contribution in [0.15, 0.2) is 11.1 Å². The highest BCUT2D eigenvalue weighted by atomic mass is 16.7. The second-order valence-electron chi connectivity index (χ2n) is 9.30. The van der Waals surface area contributed by atoms with Crippen molar-refractivity contribution < 1.29 is 14.6 Å². The Kier molecular flexibility index (Phi) is 2.87. The second-order valence-corrected chi connectivity index (χ2v) is 9.30. The molecule has 0 aromatic heterocycles. The van der Waals surface area contributed by atoms with E-state index in [1.54, 1.807) is 5.57 Å². The second kappa shape index (κ2) is 4.42. The summed E-state index contributed by atoms with van der Waals surface area (Å²) in [5.74, 6) is 1.15. The minimum absolute atomic E-state index is 0.124. The van der Waals surface area contributed by atoms with E-state index in [2.05, 4.69) is 20.8 Å². The highest BCUT2D eigenvalue weighted by Gasteiger charge is 2.78.